The molecular weight excluding hydrogens is 226 g/mol. The fraction of sp³-hybridized carbons (Fsp3) is 0.533. The molecule has 0 saturated carbocycles. The zero-order valence-electron chi connectivity index (χ0n) is 11.3. The second-order valence-corrected chi connectivity index (χ2v) is 5.61. The molecule has 1 aromatic rings. The van der Waals surface area contributed by atoms with Gasteiger partial charge in [0.2, 0.25) is 5.91 Å². The summed E-state index contributed by atoms with van der Waals surface area (Å²) in [5.74, 6) is 0.103. The van der Waals surface area contributed by atoms with Gasteiger partial charge in [0, 0.05) is 6.54 Å². The molecule has 98 valence electrons. The lowest BCUT2D eigenvalue weighted by atomic mass is 9.97. The smallest absolute Gasteiger partial charge is 0.227 e. The van der Waals surface area contributed by atoms with Gasteiger partial charge in [-0.15, -0.1) is 0 Å². The number of carbonyl (C=O) groups excluding carboxylic acids is 1. The lowest BCUT2D eigenvalue weighted by Gasteiger charge is -2.34. The molecule has 3 nitrogen and oxygen atoms in total. The number of likely N-dealkylation sites (tertiary alicyclic amines) is 1. The van der Waals surface area contributed by atoms with Crippen LogP contribution < -0.4 is 0 Å². The monoisotopic (exact) mass is 247 g/mol. The minimum atomic E-state index is -0.445. The van der Waals surface area contributed by atoms with Crippen LogP contribution in [-0.4, -0.2) is 34.1 Å². The van der Waals surface area contributed by atoms with Crippen LogP contribution in [0.5, 0.6) is 0 Å². The second kappa shape index (κ2) is 4.73. The molecule has 0 aliphatic carbocycles. The van der Waals surface area contributed by atoms with Gasteiger partial charge in [0.25, 0.3) is 0 Å². The van der Waals surface area contributed by atoms with E-state index in [0.717, 1.165) is 11.1 Å². The van der Waals surface area contributed by atoms with E-state index in [4.69, 9.17) is 0 Å². The number of hydrogen-bond acceptors (Lipinski definition) is 2. The second-order valence-electron chi connectivity index (χ2n) is 5.61. The maximum Gasteiger partial charge on any atom is 0.227 e. The van der Waals surface area contributed by atoms with E-state index in [1.54, 1.807) is 0 Å². The Balaban J connectivity index is 2.12. The number of aliphatic hydroxyl groups excluding tert-OH is 1. The van der Waals surface area contributed by atoms with Crippen molar-refractivity contribution in [2.24, 2.45) is 0 Å². The van der Waals surface area contributed by atoms with Crippen molar-refractivity contribution in [3.05, 3.63) is 35.4 Å². The summed E-state index contributed by atoms with van der Waals surface area (Å²) < 4.78 is 0. The van der Waals surface area contributed by atoms with Gasteiger partial charge in [0.15, 0.2) is 0 Å². The van der Waals surface area contributed by atoms with Crippen molar-refractivity contribution in [3.8, 4) is 0 Å². The van der Waals surface area contributed by atoms with Crippen molar-refractivity contribution < 1.29 is 9.90 Å². The molecule has 1 heterocycles. The minimum absolute atomic E-state index is 0.103. The SMILES string of the molecule is Cc1ccccc1CC(=O)N1CCC(O)C1(C)C. The quantitative estimate of drug-likeness (QED) is 0.867. The highest BCUT2D eigenvalue weighted by Gasteiger charge is 2.42. The zero-order chi connectivity index (χ0) is 13.3. The number of aliphatic hydroxyl groups is 1. The summed E-state index contributed by atoms with van der Waals surface area (Å²) in [5, 5.41) is 9.90. The molecule has 0 radical (unpaired) electrons. The molecule has 1 aliphatic rings. The van der Waals surface area contributed by atoms with Crippen LogP contribution in [0.15, 0.2) is 24.3 Å². The van der Waals surface area contributed by atoms with Crippen LogP contribution in [0.2, 0.25) is 0 Å². The molecular formula is C15H21NO2. The van der Waals surface area contributed by atoms with E-state index < -0.39 is 11.6 Å². The van der Waals surface area contributed by atoms with E-state index in [9.17, 15) is 9.90 Å². The van der Waals surface area contributed by atoms with E-state index in [-0.39, 0.29) is 5.91 Å². The number of rotatable bonds is 2. The molecule has 1 atom stereocenters. The van der Waals surface area contributed by atoms with Crippen molar-refractivity contribution in [2.75, 3.05) is 6.54 Å². The van der Waals surface area contributed by atoms with Gasteiger partial charge in [-0.25, -0.2) is 0 Å². The summed E-state index contributed by atoms with van der Waals surface area (Å²) in [7, 11) is 0. The molecule has 0 bridgehead atoms. The van der Waals surface area contributed by atoms with Crippen molar-refractivity contribution in [1.29, 1.82) is 0 Å². The highest BCUT2D eigenvalue weighted by atomic mass is 16.3. The first kappa shape index (κ1) is 13.1. The molecule has 1 amide bonds. The number of hydrogen-bond donors (Lipinski definition) is 1. The fourth-order valence-electron chi connectivity index (χ4n) is 2.59. The van der Waals surface area contributed by atoms with Gasteiger partial charge in [-0.3, -0.25) is 4.79 Å². The van der Waals surface area contributed by atoms with Gasteiger partial charge >= 0.3 is 0 Å². The van der Waals surface area contributed by atoms with Crippen molar-refractivity contribution >= 4 is 5.91 Å². The normalized spacial score (nSPS) is 22.2. The van der Waals surface area contributed by atoms with Gasteiger partial charge in [-0.2, -0.15) is 0 Å². The first-order chi connectivity index (χ1) is 8.43. The third-order valence-electron chi connectivity index (χ3n) is 4.04. The Morgan fingerprint density at radius 3 is 2.67 bits per heavy atom. The summed E-state index contributed by atoms with van der Waals surface area (Å²) in [6.45, 7) is 6.53. The molecule has 1 fully saturated rings. The average molecular weight is 247 g/mol. The molecule has 0 aromatic heterocycles. The van der Waals surface area contributed by atoms with E-state index in [2.05, 4.69) is 0 Å². The molecule has 1 aromatic carbocycles. The van der Waals surface area contributed by atoms with Crippen LogP contribution in [0.25, 0.3) is 0 Å². The highest BCUT2D eigenvalue weighted by molar-refractivity contribution is 5.80. The number of amides is 1. The lowest BCUT2D eigenvalue weighted by Crippen LogP contribution is -2.48. The zero-order valence-corrected chi connectivity index (χ0v) is 11.3. The van der Waals surface area contributed by atoms with Crippen LogP contribution in [0.1, 0.15) is 31.4 Å². The first-order valence-corrected chi connectivity index (χ1v) is 6.46. The summed E-state index contributed by atoms with van der Waals surface area (Å²) in [6, 6.07) is 7.95. The molecule has 1 unspecified atom stereocenters. The summed E-state index contributed by atoms with van der Waals surface area (Å²) >= 11 is 0. The van der Waals surface area contributed by atoms with Gasteiger partial charge in [0.1, 0.15) is 0 Å². The number of carbonyl (C=O) groups is 1. The van der Waals surface area contributed by atoms with E-state index in [1.807, 2.05) is 49.9 Å². The van der Waals surface area contributed by atoms with Crippen LogP contribution in [0.3, 0.4) is 0 Å². The summed E-state index contributed by atoms with van der Waals surface area (Å²) in [4.78, 5) is 14.2. The first-order valence-electron chi connectivity index (χ1n) is 6.46. The van der Waals surface area contributed by atoms with E-state index >= 15 is 0 Å². The third kappa shape index (κ3) is 2.27. The predicted molar refractivity (Wildman–Crippen MR) is 71.3 cm³/mol. The Morgan fingerprint density at radius 1 is 1.44 bits per heavy atom. The summed E-state index contributed by atoms with van der Waals surface area (Å²) in [6.07, 6.45) is 0.674. The van der Waals surface area contributed by atoms with Crippen LogP contribution in [0, 0.1) is 6.92 Å². The Hall–Kier alpha value is -1.35. The highest BCUT2D eigenvalue weighted by Crippen LogP contribution is 2.29. The number of nitrogens with zero attached hydrogens (tertiary/aromatic N) is 1. The molecule has 1 saturated heterocycles. The van der Waals surface area contributed by atoms with Crippen molar-refractivity contribution in [2.45, 2.75) is 45.3 Å². The van der Waals surface area contributed by atoms with Gasteiger partial charge < -0.3 is 10.0 Å². The third-order valence-corrected chi connectivity index (χ3v) is 4.04. The Kier molecular flexibility index (Phi) is 3.44. The maximum absolute atomic E-state index is 12.3. The molecule has 18 heavy (non-hydrogen) atoms. The topological polar surface area (TPSA) is 40.5 Å². The van der Waals surface area contributed by atoms with Crippen molar-refractivity contribution in [3.63, 3.8) is 0 Å². The summed E-state index contributed by atoms with van der Waals surface area (Å²) in [5.41, 5.74) is 1.77. The van der Waals surface area contributed by atoms with Crippen LogP contribution >= 0.6 is 0 Å². The Bertz CT molecular complexity index is 454. The maximum atomic E-state index is 12.3. The average Bonchev–Trinajstić information content (AvgIpc) is 2.57. The predicted octanol–water partition coefficient (Wildman–Crippen LogP) is 1.91. The van der Waals surface area contributed by atoms with Gasteiger partial charge in [0.05, 0.1) is 18.1 Å². The van der Waals surface area contributed by atoms with Crippen molar-refractivity contribution in [1.82, 2.24) is 4.90 Å². The molecule has 1 N–H and O–H groups in total. The Morgan fingerprint density at radius 2 is 2.11 bits per heavy atom. The van der Waals surface area contributed by atoms with E-state index in [1.165, 1.54) is 0 Å². The largest absolute Gasteiger partial charge is 0.391 e. The molecule has 1 aliphatic heterocycles. The van der Waals surface area contributed by atoms with Gasteiger partial charge in [-0.05, 0) is 38.3 Å². The van der Waals surface area contributed by atoms with Gasteiger partial charge in [-0.1, -0.05) is 24.3 Å². The molecule has 2 rings (SSSR count). The fourth-order valence-corrected chi connectivity index (χ4v) is 2.59. The Labute approximate surface area is 108 Å². The molecule has 3 heteroatoms. The van der Waals surface area contributed by atoms with Crippen LogP contribution in [-0.2, 0) is 11.2 Å². The van der Waals surface area contributed by atoms with Crippen LogP contribution in [0.4, 0.5) is 0 Å². The molecule has 0 spiro atoms. The van der Waals surface area contributed by atoms with E-state index in [0.29, 0.717) is 19.4 Å². The lowest BCUT2D eigenvalue weighted by molar-refractivity contribution is -0.135. The number of benzene rings is 1. The standard InChI is InChI=1S/C15H21NO2/c1-11-6-4-5-7-12(11)10-14(18)16-9-8-13(17)15(16,2)3/h4-7,13,17H,8-10H2,1-3H3. The minimum Gasteiger partial charge on any atom is -0.391 e. The number of aryl methyl sites for hydroxylation is 1.